The molecule has 2 heteroatoms. The molecule has 0 amide bonds. The summed E-state index contributed by atoms with van der Waals surface area (Å²) >= 11 is 0. The molecule has 3 rings (SSSR count). The zero-order chi connectivity index (χ0) is 12.5. The van der Waals surface area contributed by atoms with Gasteiger partial charge in [-0.15, -0.1) is 0 Å². The van der Waals surface area contributed by atoms with Crippen LogP contribution < -0.4 is 5.32 Å². The summed E-state index contributed by atoms with van der Waals surface area (Å²) < 4.78 is 0. The van der Waals surface area contributed by atoms with Gasteiger partial charge >= 0.3 is 0 Å². The number of hydrogen-bond donors (Lipinski definition) is 1. The van der Waals surface area contributed by atoms with Crippen LogP contribution in [0.5, 0.6) is 0 Å². The van der Waals surface area contributed by atoms with Crippen LogP contribution in [0, 0.1) is 0 Å². The number of fused-ring (bicyclic) bond motifs is 1. The van der Waals surface area contributed by atoms with Crippen molar-refractivity contribution in [2.45, 2.75) is 58.2 Å². The van der Waals surface area contributed by atoms with E-state index in [0.717, 1.165) is 25.2 Å². The second kappa shape index (κ2) is 4.93. The molecule has 0 radical (unpaired) electrons. The molecule has 0 spiro atoms. The highest BCUT2D eigenvalue weighted by Crippen LogP contribution is 2.27. The fourth-order valence-electron chi connectivity index (χ4n) is 3.45. The number of anilines is 1. The molecule has 1 aromatic rings. The molecule has 2 aliphatic rings. The Bertz CT molecular complexity index is 417. The van der Waals surface area contributed by atoms with Crippen LogP contribution in [0.15, 0.2) is 18.2 Å². The van der Waals surface area contributed by atoms with Crippen LogP contribution in [-0.2, 0) is 13.0 Å². The predicted molar refractivity (Wildman–Crippen MR) is 77.0 cm³/mol. The third-order valence-electron chi connectivity index (χ3n) is 4.62. The third kappa shape index (κ3) is 2.26. The van der Waals surface area contributed by atoms with Crippen molar-refractivity contribution >= 4 is 5.69 Å². The summed E-state index contributed by atoms with van der Waals surface area (Å²) in [6.07, 6.45) is 5.30. The average molecular weight is 244 g/mol. The number of nitrogens with one attached hydrogen (secondary N) is 1. The Labute approximate surface area is 110 Å². The van der Waals surface area contributed by atoms with Gasteiger partial charge in [0.05, 0.1) is 0 Å². The highest BCUT2D eigenvalue weighted by atomic mass is 15.2. The molecular weight excluding hydrogens is 220 g/mol. The summed E-state index contributed by atoms with van der Waals surface area (Å²) in [6, 6.07) is 8.44. The molecule has 1 fully saturated rings. The first-order valence-electron chi connectivity index (χ1n) is 7.35. The number of nitrogens with zero attached hydrogens (tertiary/aromatic N) is 1. The topological polar surface area (TPSA) is 15.3 Å². The van der Waals surface area contributed by atoms with Gasteiger partial charge in [-0.2, -0.15) is 0 Å². The maximum atomic E-state index is 3.43. The Kier molecular flexibility index (Phi) is 3.29. The first-order valence-corrected chi connectivity index (χ1v) is 7.35. The number of benzene rings is 1. The summed E-state index contributed by atoms with van der Waals surface area (Å²) in [7, 11) is 0. The molecule has 1 saturated heterocycles. The Hall–Kier alpha value is -1.02. The van der Waals surface area contributed by atoms with Gasteiger partial charge in [0.1, 0.15) is 0 Å². The molecule has 98 valence electrons. The van der Waals surface area contributed by atoms with Crippen LogP contribution in [0.25, 0.3) is 0 Å². The standard InChI is InChI=1S/C16H24N2/c1-12-4-3-5-13(2)18(12)11-14-6-7-16-15(10-14)8-9-17-16/h6-7,10,12-13,17H,3-5,8-9,11H2,1-2H3/t12-,13+. The van der Waals surface area contributed by atoms with Crippen molar-refractivity contribution in [1.82, 2.24) is 4.90 Å². The second-order valence-electron chi connectivity index (χ2n) is 5.97. The van der Waals surface area contributed by atoms with E-state index in [2.05, 4.69) is 42.3 Å². The molecule has 1 N–H and O–H groups in total. The van der Waals surface area contributed by atoms with E-state index in [1.165, 1.54) is 42.5 Å². The van der Waals surface area contributed by atoms with Crippen LogP contribution in [0.1, 0.15) is 44.2 Å². The highest BCUT2D eigenvalue weighted by Gasteiger charge is 2.24. The van der Waals surface area contributed by atoms with Crippen molar-refractivity contribution in [3.63, 3.8) is 0 Å². The maximum absolute atomic E-state index is 3.43. The van der Waals surface area contributed by atoms with Gasteiger partial charge in [0, 0.05) is 30.9 Å². The van der Waals surface area contributed by atoms with Crippen molar-refractivity contribution in [2.24, 2.45) is 0 Å². The molecular formula is C16H24N2. The van der Waals surface area contributed by atoms with Crippen LogP contribution in [0.3, 0.4) is 0 Å². The maximum Gasteiger partial charge on any atom is 0.0373 e. The Morgan fingerprint density at radius 3 is 2.78 bits per heavy atom. The highest BCUT2D eigenvalue weighted by molar-refractivity contribution is 5.56. The minimum Gasteiger partial charge on any atom is -0.384 e. The minimum atomic E-state index is 0.736. The normalized spacial score (nSPS) is 27.9. The van der Waals surface area contributed by atoms with Crippen molar-refractivity contribution in [2.75, 3.05) is 11.9 Å². The lowest BCUT2D eigenvalue weighted by Gasteiger charge is -2.39. The first-order chi connectivity index (χ1) is 8.74. The van der Waals surface area contributed by atoms with Gasteiger partial charge in [0.2, 0.25) is 0 Å². The van der Waals surface area contributed by atoms with Crippen molar-refractivity contribution in [3.05, 3.63) is 29.3 Å². The lowest BCUT2D eigenvalue weighted by atomic mass is 9.96. The van der Waals surface area contributed by atoms with E-state index in [1.807, 2.05) is 0 Å². The molecule has 18 heavy (non-hydrogen) atoms. The molecule has 2 heterocycles. The number of hydrogen-bond acceptors (Lipinski definition) is 2. The summed E-state index contributed by atoms with van der Waals surface area (Å²) in [5.74, 6) is 0. The largest absolute Gasteiger partial charge is 0.384 e. The van der Waals surface area contributed by atoms with E-state index in [4.69, 9.17) is 0 Å². The summed E-state index contributed by atoms with van der Waals surface area (Å²) in [5.41, 5.74) is 4.33. The number of likely N-dealkylation sites (tertiary alicyclic amines) is 1. The smallest absolute Gasteiger partial charge is 0.0373 e. The molecule has 0 aromatic heterocycles. The minimum absolute atomic E-state index is 0.736. The van der Waals surface area contributed by atoms with E-state index in [9.17, 15) is 0 Å². The molecule has 0 bridgehead atoms. The fraction of sp³-hybridized carbons (Fsp3) is 0.625. The first kappa shape index (κ1) is 12.0. The monoisotopic (exact) mass is 244 g/mol. The van der Waals surface area contributed by atoms with E-state index in [-0.39, 0.29) is 0 Å². The van der Waals surface area contributed by atoms with Crippen LogP contribution in [-0.4, -0.2) is 23.5 Å². The van der Waals surface area contributed by atoms with Gasteiger partial charge in [0.15, 0.2) is 0 Å². The van der Waals surface area contributed by atoms with E-state index in [1.54, 1.807) is 0 Å². The fourth-order valence-corrected chi connectivity index (χ4v) is 3.45. The lowest BCUT2D eigenvalue weighted by Crippen LogP contribution is -2.42. The zero-order valence-corrected chi connectivity index (χ0v) is 11.6. The molecule has 2 nitrogen and oxygen atoms in total. The van der Waals surface area contributed by atoms with Crippen LogP contribution in [0.2, 0.25) is 0 Å². The quantitative estimate of drug-likeness (QED) is 0.857. The number of piperidine rings is 1. The van der Waals surface area contributed by atoms with Crippen LogP contribution >= 0.6 is 0 Å². The van der Waals surface area contributed by atoms with Gasteiger partial charge in [0.25, 0.3) is 0 Å². The zero-order valence-electron chi connectivity index (χ0n) is 11.6. The third-order valence-corrected chi connectivity index (χ3v) is 4.62. The summed E-state index contributed by atoms with van der Waals surface area (Å²) in [5, 5.41) is 3.43. The van der Waals surface area contributed by atoms with Crippen molar-refractivity contribution < 1.29 is 0 Å². The van der Waals surface area contributed by atoms with Crippen LogP contribution in [0.4, 0.5) is 5.69 Å². The van der Waals surface area contributed by atoms with E-state index >= 15 is 0 Å². The van der Waals surface area contributed by atoms with Gasteiger partial charge in [-0.25, -0.2) is 0 Å². The number of rotatable bonds is 2. The lowest BCUT2D eigenvalue weighted by molar-refractivity contribution is 0.0953. The Morgan fingerprint density at radius 2 is 2.00 bits per heavy atom. The van der Waals surface area contributed by atoms with Gasteiger partial charge in [-0.1, -0.05) is 18.6 Å². The molecule has 1 aromatic carbocycles. The molecule has 2 atom stereocenters. The van der Waals surface area contributed by atoms with Gasteiger partial charge < -0.3 is 5.32 Å². The molecule has 0 unspecified atom stereocenters. The second-order valence-corrected chi connectivity index (χ2v) is 5.97. The molecule has 0 aliphatic carbocycles. The van der Waals surface area contributed by atoms with Crippen molar-refractivity contribution in [3.8, 4) is 0 Å². The Balaban J connectivity index is 1.75. The average Bonchev–Trinajstić information content (AvgIpc) is 2.81. The van der Waals surface area contributed by atoms with Gasteiger partial charge in [-0.3, -0.25) is 4.90 Å². The van der Waals surface area contributed by atoms with E-state index in [0.29, 0.717) is 0 Å². The molecule has 0 saturated carbocycles. The van der Waals surface area contributed by atoms with Gasteiger partial charge in [-0.05, 0) is 50.3 Å². The molecule has 2 aliphatic heterocycles. The SMILES string of the molecule is C[C@@H]1CCC[C@H](C)N1Cc1ccc2c(c1)CCN2. The van der Waals surface area contributed by atoms with E-state index < -0.39 is 0 Å². The summed E-state index contributed by atoms with van der Waals surface area (Å²) in [4.78, 5) is 2.67. The summed E-state index contributed by atoms with van der Waals surface area (Å²) in [6.45, 7) is 6.99. The van der Waals surface area contributed by atoms with Crippen molar-refractivity contribution in [1.29, 1.82) is 0 Å². The predicted octanol–water partition coefficient (Wildman–Crippen LogP) is 3.42. The Morgan fingerprint density at radius 1 is 1.22 bits per heavy atom.